The quantitative estimate of drug-likeness (QED) is 0.216. The standard InChI is InChI=1S/C28H25BrN2O6/c1-3-35-25-17-19(7-12-24(25)37-14-13-36-22-6-4-5-18(2)15-22)16-23-26(32)30-28(34)31(27(23)33)21-10-8-20(29)9-11-21/h4-12,15-17H,3,13-14H2,1-2H3,(H,30,32,34)/b23-16-. The van der Waals surface area contributed by atoms with E-state index >= 15 is 0 Å². The highest BCUT2D eigenvalue weighted by Gasteiger charge is 2.36. The number of rotatable bonds is 9. The summed E-state index contributed by atoms with van der Waals surface area (Å²) < 4.78 is 18.1. The Morgan fingerprint density at radius 2 is 1.65 bits per heavy atom. The van der Waals surface area contributed by atoms with Crippen LogP contribution in [0, 0.1) is 6.92 Å². The van der Waals surface area contributed by atoms with Crippen molar-refractivity contribution < 1.29 is 28.6 Å². The minimum atomic E-state index is -0.805. The molecule has 0 spiro atoms. The van der Waals surface area contributed by atoms with Gasteiger partial charge in [-0.1, -0.05) is 34.1 Å². The number of anilines is 1. The molecule has 0 aromatic heterocycles. The smallest absolute Gasteiger partial charge is 0.335 e. The molecule has 1 fully saturated rings. The van der Waals surface area contributed by atoms with Crippen molar-refractivity contribution in [3.63, 3.8) is 0 Å². The number of barbiturate groups is 1. The van der Waals surface area contributed by atoms with Gasteiger partial charge in [0.15, 0.2) is 11.5 Å². The number of ether oxygens (including phenoxy) is 3. The van der Waals surface area contributed by atoms with Crippen molar-refractivity contribution in [3.05, 3.63) is 87.9 Å². The maximum Gasteiger partial charge on any atom is 0.335 e. The number of carbonyl (C=O) groups is 3. The summed E-state index contributed by atoms with van der Waals surface area (Å²) in [7, 11) is 0. The van der Waals surface area contributed by atoms with Gasteiger partial charge in [-0.15, -0.1) is 0 Å². The zero-order valence-electron chi connectivity index (χ0n) is 20.3. The summed E-state index contributed by atoms with van der Waals surface area (Å²) in [6.45, 7) is 4.86. The fourth-order valence-electron chi connectivity index (χ4n) is 3.67. The minimum absolute atomic E-state index is 0.176. The van der Waals surface area contributed by atoms with Gasteiger partial charge in [-0.3, -0.25) is 14.9 Å². The second-order valence-electron chi connectivity index (χ2n) is 8.09. The third-order valence-electron chi connectivity index (χ3n) is 5.36. The van der Waals surface area contributed by atoms with Gasteiger partial charge >= 0.3 is 6.03 Å². The molecular formula is C28H25BrN2O6. The zero-order valence-corrected chi connectivity index (χ0v) is 21.9. The van der Waals surface area contributed by atoms with Gasteiger partial charge in [-0.2, -0.15) is 0 Å². The average molecular weight is 565 g/mol. The SMILES string of the molecule is CCOc1cc(/C=C2/C(=O)NC(=O)N(c3ccc(Br)cc3)C2=O)ccc1OCCOc1cccc(C)c1. The van der Waals surface area contributed by atoms with Crippen LogP contribution in [0.25, 0.3) is 6.08 Å². The number of halogens is 1. The molecule has 37 heavy (non-hydrogen) atoms. The first-order valence-electron chi connectivity index (χ1n) is 11.6. The molecule has 3 aromatic carbocycles. The van der Waals surface area contributed by atoms with Crippen LogP contribution in [0.2, 0.25) is 0 Å². The Kier molecular flexibility index (Phi) is 8.25. The molecule has 1 aliphatic rings. The van der Waals surface area contributed by atoms with E-state index in [4.69, 9.17) is 14.2 Å². The normalized spacial score (nSPS) is 14.5. The first-order valence-corrected chi connectivity index (χ1v) is 12.4. The second kappa shape index (κ2) is 11.7. The summed E-state index contributed by atoms with van der Waals surface area (Å²) in [6.07, 6.45) is 1.42. The molecule has 3 aromatic rings. The van der Waals surface area contributed by atoms with Crippen molar-refractivity contribution in [1.29, 1.82) is 0 Å². The lowest BCUT2D eigenvalue weighted by atomic mass is 10.1. The molecule has 9 heteroatoms. The van der Waals surface area contributed by atoms with Crippen molar-refractivity contribution in [2.24, 2.45) is 0 Å². The molecule has 0 bridgehead atoms. The summed E-state index contributed by atoms with van der Waals surface area (Å²) in [5, 5.41) is 2.22. The van der Waals surface area contributed by atoms with Crippen LogP contribution in [-0.2, 0) is 9.59 Å². The molecule has 0 saturated carbocycles. The van der Waals surface area contributed by atoms with E-state index in [1.165, 1.54) is 6.08 Å². The van der Waals surface area contributed by atoms with Gasteiger partial charge < -0.3 is 14.2 Å². The topological polar surface area (TPSA) is 94.2 Å². The predicted molar refractivity (Wildman–Crippen MR) is 143 cm³/mol. The molecule has 0 atom stereocenters. The van der Waals surface area contributed by atoms with Crippen LogP contribution < -0.4 is 24.4 Å². The van der Waals surface area contributed by atoms with Crippen molar-refractivity contribution >= 4 is 45.5 Å². The van der Waals surface area contributed by atoms with E-state index in [1.54, 1.807) is 42.5 Å². The van der Waals surface area contributed by atoms with Crippen molar-refractivity contribution in [2.75, 3.05) is 24.7 Å². The third kappa shape index (κ3) is 6.37. The number of hydrogen-bond donors (Lipinski definition) is 1. The van der Waals surface area contributed by atoms with E-state index in [0.717, 1.165) is 20.7 Å². The number of benzene rings is 3. The van der Waals surface area contributed by atoms with Gasteiger partial charge in [0, 0.05) is 4.47 Å². The first kappa shape index (κ1) is 26.0. The monoisotopic (exact) mass is 564 g/mol. The van der Waals surface area contributed by atoms with Gasteiger partial charge in [0.1, 0.15) is 24.5 Å². The van der Waals surface area contributed by atoms with E-state index in [2.05, 4.69) is 21.2 Å². The Labute approximate surface area is 223 Å². The maximum atomic E-state index is 13.1. The minimum Gasteiger partial charge on any atom is -0.490 e. The molecule has 1 heterocycles. The van der Waals surface area contributed by atoms with Crippen molar-refractivity contribution in [1.82, 2.24) is 5.32 Å². The first-order chi connectivity index (χ1) is 17.9. The molecule has 8 nitrogen and oxygen atoms in total. The highest BCUT2D eigenvalue weighted by Crippen LogP contribution is 2.30. The zero-order chi connectivity index (χ0) is 26.4. The highest BCUT2D eigenvalue weighted by atomic mass is 79.9. The summed E-state index contributed by atoms with van der Waals surface area (Å²) >= 11 is 3.32. The Balaban J connectivity index is 1.50. The average Bonchev–Trinajstić information content (AvgIpc) is 2.87. The van der Waals surface area contributed by atoms with Crippen LogP contribution in [0.15, 0.2) is 76.8 Å². The number of imide groups is 2. The van der Waals surface area contributed by atoms with Crippen molar-refractivity contribution in [2.45, 2.75) is 13.8 Å². The lowest BCUT2D eigenvalue weighted by Gasteiger charge is -2.26. The van der Waals surface area contributed by atoms with Gasteiger partial charge in [0.05, 0.1) is 12.3 Å². The molecule has 0 unspecified atom stereocenters. The summed E-state index contributed by atoms with van der Waals surface area (Å²) in [4.78, 5) is 39.0. The summed E-state index contributed by atoms with van der Waals surface area (Å²) in [6, 6.07) is 18.6. The number of hydrogen-bond acceptors (Lipinski definition) is 6. The van der Waals surface area contributed by atoms with E-state index in [1.807, 2.05) is 38.1 Å². The van der Waals surface area contributed by atoms with Gasteiger partial charge in [-0.05, 0) is 79.6 Å². The van der Waals surface area contributed by atoms with Gasteiger partial charge in [-0.25, -0.2) is 9.69 Å². The van der Waals surface area contributed by atoms with E-state index in [0.29, 0.717) is 42.6 Å². The lowest BCUT2D eigenvalue weighted by molar-refractivity contribution is -0.122. The number of nitrogens with one attached hydrogen (secondary N) is 1. The van der Waals surface area contributed by atoms with Crippen LogP contribution in [0.1, 0.15) is 18.1 Å². The van der Waals surface area contributed by atoms with E-state index in [-0.39, 0.29) is 5.57 Å². The van der Waals surface area contributed by atoms with Crippen LogP contribution in [-0.4, -0.2) is 37.7 Å². The number of aryl methyl sites for hydroxylation is 1. The van der Waals surface area contributed by atoms with E-state index < -0.39 is 17.8 Å². The summed E-state index contributed by atoms with van der Waals surface area (Å²) in [5.41, 5.74) is 1.81. The molecule has 190 valence electrons. The van der Waals surface area contributed by atoms with Crippen LogP contribution in [0.4, 0.5) is 10.5 Å². The second-order valence-corrected chi connectivity index (χ2v) is 9.00. The maximum absolute atomic E-state index is 13.1. The van der Waals surface area contributed by atoms with Gasteiger partial charge in [0.25, 0.3) is 11.8 Å². The third-order valence-corrected chi connectivity index (χ3v) is 5.89. The largest absolute Gasteiger partial charge is 0.490 e. The molecule has 1 N–H and O–H groups in total. The van der Waals surface area contributed by atoms with Crippen LogP contribution in [0.3, 0.4) is 0 Å². The van der Waals surface area contributed by atoms with Crippen LogP contribution in [0.5, 0.6) is 17.2 Å². The number of amides is 4. The molecule has 0 aliphatic carbocycles. The molecule has 0 radical (unpaired) electrons. The number of carbonyl (C=O) groups excluding carboxylic acids is 3. The Bertz CT molecular complexity index is 1350. The molecular weight excluding hydrogens is 540 g/mol. The lowest BCUT2D eigenvalue weighted by Crippen LogP contribution is -2.54. The van der Waals surface area contributed by atoms with E-state index in [9.17, 15) is 14.4 Å². The molecule has 1 saturated heterocycles. The predicted octanol–water partition coefficient (Wildman–Crippen LogP) is 5.28. The molecule has 4 amide bonds. The molecule has 1 aliphatic heterocycles. The number of nitrogens with zero attached hydrogens (tertiary/aromatic N) is 1. The molecule has 4 rings (SSSR count). The fraction of sp³-hybridized carbons (Fsp3) is 0.179. The summed E-state index contributed by atoms with van der Waals surface area (Å²) in [5.74, 6) is 0.235. The Morgan fingerprint density at radius 1 is 0.892 bits per heavy atom. The van der Waals surface area contributed by atoms with Gasteiger partial charge in [0.2, 0.25) is 0 Å². The van der Waals surface area contributed by atoms with Crippen LogP contribution >= 0.6 is 15.9 Å². The fourth-order valence-corrected chi connectivity index (χ4v) is 3.93. The Hall–Kier alpha value is -4.11. The number of urea groups is 1. The Morgan fingerprint density at radius 3 is 2.38 bits per heavy atom. The van der Waals surface area contributed by atoms with Crippen molar-refractivity contribution in [3.8, 4) is 17.2 Å². The highest BCUT2D eigenvalue weighted by molar-refractivity contribution is 9.10.